The molecule has 0 spiro atoms. The van der Waals surface area contributed by atoms with Crippen LogP contribution in [0.3, 0.4) is 0 Å². The number of aryl methyl sites for hydroxylation is 2. The van der Waals surface area contributed by atoms with Crippen molar-refractivity contribution in [2.24, 2.45) is 0 Å². The van der Waals surface area contributed by atoms with Gasteiger partial charge in [-0.3, -0.25) is 0 Å². The highest BCUT2D eigenvalue weighted by atomic mass is 19.1. The monoisotopic (exact) mass is 348 g/mol. The molecule has 9 heteroatoms. The van der Waals surface area contributed by atoms with E-state index in [1.807, 2.05) is 13.0 Å². The van der Waals surface area contributed by atoms with Crippen LogP contribution in [-0.2, 0) is 0 Å². The van der Waals surface area contributed by atoms with Crippen molar-refractivity contribution in [3.63, 3.8) is 0 Å². The van der Waals surface area contributed by atoms with E-state index in [4.69, 9.17) is 11.0 Å². The molecule has 0 saturated carbocycles. The lowest BCUT2D eigenvalue weighted by Crippen LogP contribution is -2.07. The standard InChI is InChI=1S/C17H13FN8/c1-9-14-10(2)25(13-6-4-3-5-12(13)18)24-15(14)17(23-22-9)26-16(20)11(7-19)8-21-26/h3-6,8H,20H2,1-2H3. The zero-order chi connectivity index (χ0) is 18.4. The van der Waals surface area contributed by atoms with Crippen LogP contribution in [0.2, 0.25) is 0 Å². The van der Waals surface area contributed by atoms with Gasteiger partial charge >= 0.3 is 0 Å². The van der Waals surface area contributed by atoms with Crippen LogP contribution >= 0.6 is 0 Å². The van der Waals surface area contributed by atoms with Gasteiger partial charge in [-0.15, -0.1) is 5.10 Å². The van der Waals surface area contributed by atoms with Gasteiger partial charge in [-0.2, -0.15) is 25.2 Å². The summed E-state index contributed by atoms with van der Waals surface area (Å²) in [6.45, 7) is 3.63. The molecule has 0 bridgehead atoms. The van der Waals surface area contributed by atoms with E-state index in [1.54, 1.807) is 25.1 Å². The first-order chi connectivity index (χ1) is 12.5. The van der Waals surface area contributed by atoms with Crippen molar-refractivity contribution in [2.45, 2.75) is 13.8 Å². The quantitative estimate of drug-likeness (QED) is 0.594. The van der Waals surface area contributed by atoms with Gasteiger partial charge in [-0.05, 0) is 26.0 Å². The normalized spacial score (nSPS) is 11.0. The molecule has 4 rings (SSSR count). The highest BCUT2D eigenvalue weighted by molar-refractivity contribution is 5.89. The smallest absolute Gasteiger partial charge is 0.206 e. The van der Waals surface area contributed by atoms with Gasteiger partial charge < -0.3 is 5.73 Å². The summed E-state index contributed by atoms with van der Waals surface area (Å²) in [5, 5.41) is 26.8. The zero-order valence-electron chi connectivity index (χ0n) is 14.0. The van der Waals surface area contributed by atoms with E-state index in [0.29, 0.717) is 22.6 Å². The maximum Gasteiger partial charge on any atom is 0.206 e. The molecule has 0 aliphatic carbocycles. The second-order valence-electron chi connectivity index (χ2n) is 5.75. The number of benzene rings is 1. The van der Waals surface area contributed by atoms with Gasteiger partial charge in [0, 0.05) is 0 Å². The fourth-order valence-corrected chi connectivity index (χ4v) is 2.93. The van der Waals surface area contributed by atoms with Crippen LogP contribution in [-0.4, -0.2) is 29.8 Å². The first kappa shape index (κ1) is 15.7. The highest BCUT2D eigenvalue weighted by Gasteiger charge is 2.21. The Morgan fingerprint density at radius 1 is 1.15 bits per heavy atom. The summed E-state index contributed by atoms with van der Waals surface area (Å²) < 4.78 is 17.1. The summed E-state index contributed by atoms with van der Waals surface area (Å²) in [5.41, 5.74) is 8.35. The van der Waals surface area contributed by atoms with Crippen molar-refractivity contribution in [1.29, 1.82) is 5.26 Å². The maximum atomic E-state index is 14.3. The Hall–Kier alpha value is -3.80. The van der Waals surface area contributed by atoms with E-state index in [2.05, 4.69) is 20.4 Å². The van der Waals surface area contributed by atoms with Crippen LogP contribution in [0.1, 0.15) is 17.0 Å². The molecule has 4 aromatic rings. The first-order valence-electron chi connectivity index (χ1n) is 7.74. The minimum atomic E-state index is -0.395. The Labute approximate surface area is 147 Å². The number of anilines is 1. The molecule has 0 saturated heterocycles. The number of nitriles is 1. The fourth-order valence-electron chi connectivity index (χ4n) is 2.93. The summed E-state index contributed by atoms with van der Waals surface area (Å²) in [7, 11) is 0. The summed E-state index contributed by atoms with van der Waals surface area (Å²) in [4.78, 5) is 0. The van der Waals surface area contributed by atoms with Crippen molar-refractivity contribution >= 4 is 16.7 Å². The van der Waals surface area contributed by atoms with Crippen LogP contribution in [0.4, 0.5) is 10.2 Å². The van der Waals surface area contributed by atoms with E-state index in [9.17, 15) is 4.39 Å². The molecule has 0 radical (unpaired) electrons. The number of nitrogens with two attached hydrogens (primary N) is 1. The molecule has 0 unspecified atom stereocenters. The van der Waals surface area contributed by atoms with Gasteiger partial charge in [-0.25, -0.2) is 9.07 Å². The number of para-hydroxylation sites is 1. The van der Waals surface area contributed by atoms with Crippen molar-refractivity contribution in [1.82, 2.24) is 29.8 Å². The number of aromatic nitrogens is 6. The van der Waals surface area contributed by atoms with Crippen LogP contribution in [0.15, 0.2) is 30.5 Å². The average molecular weight is 348 g/mol. The van der Waals surface area contributed by atoms with E-state index in [-0.39, 0.29) is 17.2 Å². The van der Waals surface area contributed by atoms with Gasteiger partial charge in [0.15, 0.2) is 0 Å². The third-order valence-corrected chi connectivity index (χ3v) is 4.19. The molecule has 0 aliphatic heterocycles. The van der Waals surface area contributed by atoms with Crippen LogP contribution < -0.4 is 5.73 Å². The number of hydrogen-bond acceptors (Lipinski definition) is 6. The lowest BCUT2D eigenvalue weighted by Gasteiger charge is -2.04. The van der Waals surface area contributed by atoms with Crippen LogP contribution in [0, 0.1) is 31.0 Å². The Bertz CT molecular complexity index is 1200. The zero-order valence-corrected chi connectivity index (χ0v) is 14.0. The van der Waals surface area contributed by atoms with E-state index in [0.717, 1.165) is 5.39 Å². The first-order valence-corrected chi connectivity index (χ1v) is 7.74. The third kappa shape index (κ3) is 2.12. The third-order valence-electron chi connectivity index (χ3n) is 4.19. The van der Waals surface area contributed by atoms with Crippen LogP contribution in [0.5, 0.6) is 0 Å². The number of nitrogen functional groups attached to an aromatic ring is 1. The predicted molar refractivity (Wildman–Crippen MR) is 92.3 cm³/mol. The maximum absolute atomic E-state index is 14.3. The van der Waals surface area contributed by atoms with Crippen molar-refractivity contribution < 1.29 is 4.39 Å². The number of nitrogens with zero attached hydrogens (tertiary/aromatic N) is 7. The molecule has 3 heterocycles. The fraction of sp³-hybridized carbons (Fsp3) is 0.118. The van der Waals surface area contributed by atoms with Crippen LogP contribution in [0.25, 0.3) is 22.4 Å². The molecule has 26 heavy (non-hydrogen) atoms. The molecular weight excluding hydrogens is 335 g/mol. The largest absolute Gasteiger partial charge is 0.382 e. The van der Waals surface area contributed by atoms with E-state index < -0.39 is 5.82 Å². The lowest BCUT2D eigenvalue weighted by atomic mass is 10.2. The molecule has 1 aromatic carbocycles. The molecular formula is C17H13FN8. The molecule has 0 aliphatic rings. The molecule has 0 fully saturated rings. The molecule has 128 valence electrons. The SMILES string of the molecule is Cc1nnc(-n2ncc(C#N)c2N)c2nn(-c3ccccc3F)c(C)c12. The Kier molecular flexibility index (Phi) is 3.40. The summed E-state index contributed by atoms with van der Waals surface area (Å²) in [6.07, 6.45) is 1.35. The predicted octanol–water partition coefficient (Wildman–Crippen LogP) is 2.21. The number of rotatable bonds is 2. The second-order valence-corrected chi connectivity index (χ2v) is 5.75. The van der Waals surface area contributed by atoms with Gasteiger partial charge in [-0.1, -0.05) is 12.1 Å². The highest BCUT2D eigenvalue weighted by Crippen LogP contribution is 2.28. The number of halogens is 1. The second kappa shape index (κ2) is 5.63. The minimum Gasteiger partial charge on any atom is -0.382 e. The topological polar surface area (TPSA) is 111 Å². The van der Waals surface area contributed by atoms with Gasteiger partial charge in [0.05, 0.1) is 23.0 Å². The molecule has 0 atom stereocenters. The summed E-state index contributed by atoms with van der Waals surface area (Å²) in [5.74, 6) is 0.0294. The average Bonchev–Trinajstić information content (AvgIpc) is 3.17. The Balaban J connectivity index is 2.05. The van der Waals surface area contributed by atoms with Gasteiger partial charge in [0.1, 0.15) is 34.5 Å². The number of hydrogen-bond donors (Lipinski definition) is 1. The lowest BCUT2D eigenvalue weighted by molar-refractivity contribution is 0.609. The molecule has 2 N–H and O–H groups in total. The van der Waals surface area contributed by atoms with Crippen molar-refractivity contribution in [3.05, 3.63) is 53.2 Å². The molecule has 0 amide bonds. The molecule has 8 nitrogen and oxygen atoms in total. The summed E-state index contributed by atoms with van der Waals surface area (Å²) in [6, 6.07) is 8.32. The number of fused-ring (bicyclic) bond motifs is 1. The van der Waals surface area contributed by atoms with Crippen molar-refractivity contribution in [2.75, 3.05) is 5.73 Å². The summed E-state index contributed by atoms with van der Waals surface area (Å²) >= 11 is 0. The van der Waals surface area contributed by atoms with Gasteiger partial charge in [0.2, 0.25) is 5.82 Å². The van der Waals surface area contributed by atoms with E-state index >= 15 is 0 Å². The van der Waals surface area contributed by atoms with Crippen molar-refractivity contribution in [3.8, 4) is 17.6 Å². The Morgan fingerprint density at radius 3 is 2.62 bits per heavy atom. The minimum absolute atomic E-state index is 0.144. The Morgan fingerprint density at radius 2 is 1.92 bits per heavy atom. The van der Waals surface area contributed by atoms with Gasteiger partial charge in [0.25, 0.3) is 0 Å². The van der Waals surface area contributed by atoms with E-state index in [1.165, 1.54) is 21.6 Å². The molecule has 3 aromatic heterocycles.